The number of halogens is 2. The molecule has 0 aromatic carbocycles. The number of alkyl halides is 2. The van der Waals surface area contributed by atoms with Gasteiger partial charge in [-0.05, 0) is 36.4 Å². The molecule has 1 aliphatic carbocycles. The van der Waals surface area contributed by atoms with Crippen LogP contribution in [0, 0.1) is 5.41 Å². The van der Waals surface area contributed by atoms with Crippen molar-refractivity contribution in [1.29, 1.82) is 0 Å². The summed E-state index contributed by atoms with van der Waals surface area (Å²) >= 11 is 12.6. The summed E-state index contributed by atoms with van der Waals surface area (Å²) in [7, 11) is 0. The Labute approximate surface area is 180 Å². The van der Waals surface area contributed by atoms with E-state index >= 15 is 0 Å². The van der Waals surface area contributed by atoms with Crippen molar-refractivity contribution in [3.63, 3.8) is 0 Å². The second-order valence-corrected chi connectivity index (χ2v) is 9.24. The molecule has 3 rings (SSSR count). The number of esters is 1. The normalized spacial score (nSPS) is 24.0. The molecular formula is C18H17Cl2N3O5S. The zero-order chi connectivity index (χ0) is 21.2. The molecule has 0 spiro atoms. The first-order valence-electron chi connectivity index (χ1n) is 8.61. The first kappa shape index (κ1) is 21.6. The molecule has 29 heavy (non-hydrogen) atoms. The minimum absolute atomic E-state index is 0.00107. The van der Waals surface area contributed by atoms with Gasteiger partial charge >= 0.3 is 5.97 Å². The van der Waals surface area contributed by atoms with Gasteiger partial charge in [0.15, 0.2) is 6.61 Å². The van der Waals surface area contributed by atoms with Crippen LogP contribution in [0.4, 0.5) is 4.79 Å². The molecule has 1 N–H and O–H groups in total. The molecule has 8 nitrogen and oxygen atoms in total. The van der Waals surface area contributed by atoms with Gasteiger partial charge in [0, 0.05) is 31.9 Å². The standard InChI is InChI=1S/C18H17Cl2N3O5S/c1-17(10-18(17,19)20)15(26)28-9-13(24)22-5-6-23-14(25)12(29-16(23)27)7-11-3-2-4-21-8-11/h2-4,7-8H,5-6,9-10H2,1H3,(H,22,24)/b12-7-. The van der Waals surface area contributed by atoms with Gasteiger partial charge in [-0.1, -0.05) is 6.07 Å². The molecule has 1 unspecified atom stereocenters. The lowest BCUT2D eigenvalue weighted by molar-refractivity contribution is -0.153. The number of nitrogens with one attached hydrogen (secondary N) is 1. The van der Waals surface area contributed by atoms with E-state index in [2.05, 4.69) is 10.3 Å². The van der Waals surface area contributed by atoms with Gasteiger partial charge in [-0.25, -0.2) is 0 Å². The first-order valence-corrected chi connectivity index (χ1v) is 10.2. The number of hydrogen-bond donors (Lipinski definition) is 1. The number of ether oxygens (including phenoxy) is 1. The number of hydrogen-bond acceptors (Lipinski definition) is 7. The average Bonchev–Trinajstić information content (AvgIpc) is 3.10. The minimum atomic E-state index is -1.17. The first-order chi connectivity index (χ1) is 13.6. The SMILES string of the molecule is CC1(C(=O)OCC(=O)NCCN2C(=O)S/C(=C\c3cccnc3)C2=O)CC1(Cl)Cl. The van der Waals surface area contributed by atoms with Crippen molar-refractivity contribution in [1.82, 2.24) is 15.2 Å². The molecule has 3 amide bonds. The fraction of sp³-hybridized carbons (Fsp3) is 0.389. The van der Waals surface area contributed by atoms with Gasteiger partial charge in [-0.3, -0.25) is 29.1 Å². The lowest BCUT2D eigenvalue weighted by Gasteiger charge is -2.14. The van der Waals surface area contributed by atoms with Crippen molar-refractivity contribution in [2.45, 2.75) is 17.7 Å². The van der Waals surface area contributed by atoms with E-state index in [0.29, 0.717) is 5.56 Å². The van der Waals surface area contributed by atoms with Gasteiger partial charge in [-0.2, -0.15) is 0 Å². The molecule has 1 saturated carbocycles. The van der Waals surface area contributed by atoms with Crippen LogP contribution in [0.2, 0.25) is 0 Å². The molecule has 0 radical (unpaired) electrons. The van der Waals surface area contributed by atoms with E-state index in [-0.39, 0.29) is 24.4 Å². The van der Waals surface area contributed by atoms with Crippen molar-refractivity contribution in [3.8, 4) is 0 Å². The number of imide groups is 1. The number of amides is 3. The monoisotopic (exact) mass is 457 g/mol. The maximum atomic E-state index is 12.4. The van der Waals surface area contributed by atoms with Crippen LogP contribution in [0.5, 0.6) is 0 Å². The number of thioether (sulfide) groups is 1. The van der Waals surface area contributed by atoms with Crippen LogP contribution in [-0.2, 0) is 19.1 Å². The van der Waals surface area contributed by atoms with Crippen molar-refractivity contribution >= 4 is 64.1 Å². The Kier molecular flexibility index (Phi) is 6.21. The Hall–Kier alpha value is -2.10. The molecule has 1 aromatic heterocycles. The Morgan fingerprint density at radius 3 is 2.76 bits per heavy atom. The topological polar surface area (TPSA) is 106 Å². The summed E-state index contributed by atoms with van der Waals surface area (Å²) in [6, 6.07) is 3.49. The third-order valence-electron chi connectivity index (χ3n) is 4.56. The zero-order valence-electron chi connectivity index (χ0n) is 15.3. The summed E-state index contributed by atoms with van der Waals surface area (Å²) in [6.45, 7) is 1.09. The van der Waals surface area contributed by atoms with E-state index in [9.17, 15) is 19.2 Å². The molecule has 1 atom stereocenters. The van der Waals surface area contributed by atoms with Crippen LogP contribution in [-0.4, -0.2) is 56.9 Å². The van der Waals surface area contributed by atoms with Crippen LogP contribution in [0.1, 0.15) is 18.9 Å². The lowest BCUT2D eigenvalue weighted by atomic mass is 10.1. The largest absolute Gasteiger partial charge is 0.455 e. The maximum absolute atomic E-state index is 12.4. The number of carbonyl (C=O) groups excluding carboxylic acids is 4. The fourth-order valence-electron chi connectivity index (χ4n) is 2.58. The Morgan fingerprint density at radius 2 is 2.14 bits per heavy atom. The second kappa shape index (κ2) is 8.33. The summed E-state index contributed by atoms with van der Waals surface area (Å²) in [5.74, 6) is -1.65. The molecule has 0 bridgehead atoms. The van der Waals surface area contributed by atoms with E-state index < -0.39 is 39.4 Å². The van der Waals surface area contributed by atoms with E-state index in [4.69, 9.17) is 27.9 Å². The van der Waals surface area contributed by atoms with Crippen LogP contribution in [0.15, 0.2) is 29.4 Å². The van der Waals surface area contributed by atoms with Crippen molar-refractivity contribution in [3.05, 3.63) is 35.0 Å². The third kappa shape index (κ3) is 4.73. The smallest absolute Gasteiger partial charge is 0.315 e. The van der Waals surface area contributed by atoms with Crippen LogP contribution in [0.3, 0.4) is 0 Å². The summed E-state index contributed by atoms with van der Waals surface area (Å²) in [6.07, 6.45) is 5.03. The maximum Gasteiger partial charge on any atom is 0.315 e. The van der Waals surface area contributed by atoms with Gasteiger partial charge in [-0.15, -0.1) is 23.2 Å². The highest BCUT2D eigenvalue weighted by molar-refractivity contribution is 8.18. The fourth-order valence-corrected chi connectivity index (χ4v) is 4.13. The highest BCUT2D eigenvalue weighted by atomic mass is 35.5. The lowest BCUT2D eigenvalue weighted by Crippen LogP contribution is -2.39. The highest BCUT2D eigenvalue weighted by Gasteiger charge is 2.69. The second-order valence-electron chi connectivity index (χ2n) is 6.76. The number of aromatic nitrogens is 1. The minimum Gasteiger partial charge on any atom is -0.455 e. The molecule has 154 valence electrons. The van der Waals surface area contributed by atoms with Crippen molar-refractivity contribution in [2.24, 2.45) is 5.41 Å². The van der Waals surface area contributed by atoms with Gasteiger partial charge in [0.2, 0.25) is 0 Å². The van der Waals surface area contributed by atoms with Crippen molar-refractivity contribution < 1.29 is 23.9 Å². The van der Waals surface area contributed by atoms with E-state index in [0.717, 1.165) is 16.7 Å². The zero-order valence-corrected chi connectivity index (χ0v) is 17.6. The highest BCUT2D eigenvalue weighted by Crippen LogP contribution is 2.64. The average molecular weight is 458 g/mol. The Balaban J connectivity index is 1.44. The Morgan fingerprint density at radius 1 is 1.41 bits per heavy atom. The molecule has 1 saturated heterocycles. The summed E-state index contributed by atoms with van der Waals surface area (Å²) in [4.78, 5) is 53.5. The molecule has 11 heteroatoms. The number of carbonyl (C=O) groups is 4. The molecular weight excluding hydrogens is 441 g/mol. The van der Waals surface area contributed by atoms with Crippen LogP contribution in [0.25, 0.3) is 6.08 Å². The summed E-state index contributed by atoms with van der Waals surface area (Å²) in [5, 5.41) is 2.07. The quantitative estimate of drug-likeness (QED) is 0.380. The van der Waals surface area contributed by atoms with Crippen LogP contribution >= 0.6 is 35.0 Å². The molecule has 2 aliphatic rings. The number of nitrogens with zero attached hydrogens (tertiary/aromatic N) is 2. The molecule has 1 aromatic rings. The summed E-state index contributed by atoms with van der Waals surface area (Å²) < 4.78 is 3.76. The predicted molar refractivity (Wildman–Crippen MR) is 108 cm³/mol. The van der Waals surface area contributed by atoms with Crippen LogP contribution < -0.4 is 5.32 Å². The predicted octanol–water partition coefficient (Wildman–Crippen LogP) is 2.36. The third-order valence-corrected chi connectivity index (χ3v) is 6.56. The van der Waals surface area contributed by atoms with E-state index in [1.807, 2.05) is 0 Å². The van der Waals surface area contributed by atoms with Crippen molar-refractivity contribution in [2.75, 3.05) is 19.7 Å². The number of pyridine rings is 1. The van der Waals surface area contributed by atoms with E-state index in [1.54, 1.807) is 37.5 Å². The number of rotatable bonds is 7. The Bertz CT molecular complexity index is 893. The van der Waals surface area contributed by atoms with Gasteiger partial charge in [0.25, 0.3) is 17.1 Å². The molecule has 2 heterocycles. The van der Waals surface area contributed by atoms with E-state index in [1.165, 1.54) is 0 Å². The summed E-state index contributed by atoms with van der Waals surface area (Å²) in [5.41, 5.74) is -0.311. The van der Waals surface area contributed by atoms with Gasteiger partial charge < -0.3 is 10.1 Å². The molecule has 2 fully saturated rings. The molecule has 1 aliphatic heterocycles. The van der Waals surface area contributed by atoms with Gasteiger partial charge in [0.1, 0.15) is 9.75 Å². The van der Waals surface area contributed by atoms with Gasteiger partial charge in [0.05, 0.1) is 4.91 Å².